The fourth-order valence-corrected chi connectivity index (χ4v) is 0.777. The molecule has 0 aromatic carbocycles. The molecular formula is C10H22O7. The molecule has 0 aliphatic rings. The van der Waals surface area contributed by atoms with Crippen LogP contribution < -0.4 is 0 Å². The molecule has 0 aromatic rings. The Labute approximate surface area is 102 Å². The van der Waals surface area contributed by atoms with Crippen LogP contribution >= 0.6 is 0 Å². The van der Waals surface area contributed by atoms with Gasteiger partial charge in [-0.15, -0.1) is 0 Å². The van der Waals surface area contributed by atoms with Gasteiger partial charge in [-0.1, -0.05) is 5.04 Å². The Morgan fingerprint density at radius 3 is 1.35 bits per heavy atom. The van der Waals surface area contributed by atoms with Gasteiger partial charge < -0.3 is 18.9 Å². The number of hydrogen-bond donors (Lipinski definition) is 0. The summed E-state index contributed by atoms with van der Waals surface area (Å²) in [4.78, 5) is 9.35. The van der Waals surface area contributed by atoms with E-state index in [0.717, 1.165) is 0 Å². The lowest BCUT2D eigenvalue weighted by molar-refractivity contribution is -0.514. The van der Waals surface area contributed by atoms with Gasteiger partial charge in [0.2, 0.25) is 0 Å². The summed E-state index contributed by atoms with van der Waals surface area (Å²) in [6, 6.07) is 0. The molecule has 0 spiro atoms. The lowest BCUT2D eigenvalue weighted by Gasteiger charge is -2.05. The lowest BCUT2D eigenvalue weighted by Crippen LogP contribution is -2.11. The van der Waals surface area contributed by atoms with Crippen molar-refractivity contribution in [2.45, 2.75) is 0 Å². The maximum absolute atomic E-state index is 5.12. The maximum Gasteiger partial charge on any atom is 0.109 e. The summed E-state index contributed by atoms with van der Waals surface area (Å²) < 4.78 is 19.8. The first-order valence-electron chi connectivity index (χ1n) is 5.46. The van der Waals surface area contributed by atoms with Gasteiger partial charge in [0.05, 0.1) is 39.6 Å². The van der Waals surface area contributed by atoms with Crippen molar-refractivity contribution in [3.8, 4) is 0 Å². The summed E-state index contributed by atoms with van der Waals surface area (Å²) in [6.07, 6.45) is 0. The molecule has 0 aliphatic heterocycles. The van der Waals surface area contributed by atoms with E-state index in [9.17, 15) is 0 Å². The predicted octanol–water partition coefficient (Wildman–Crippen LogP) is 0.192. The molecule has 17 heavy (non-hydrogen) atoms. The molecule has 0 heterocycles. The molecular weight excluding hydrogens is 232 g/mol. The van der Waals surface area contributed by atoms with E-state index in [1.807, 2.05) is 0 Å². The fraction of sp³-hybridized carbons (Fsp3) is 1.00. The van der Waals surface area contributed by atoms with Gasteiger partial charge in [-0.3, -0.25) is 0 Å². The molecule has 0 atom stereocenters. The third-order valence-electron chi connectivity index (χ3n) is 1.58. The number of rotatable bonds is 14. The quantitative estimate of drug-likeness (QED) is 0.249. The molecule has 0 bridgehead atoms. The molecule has 104 valence electrons. The Hall–Kier alpha value is -0.280. The zero-order valence-corrected chi connectivity index (χ0v) is 10.5. The van der Waals surface area contributed by atoms with Crippen LogP contribution in [0.4, 0.5) is 0 Å². The van der Waals surface area contributed by atoms with Crippen molar-refractivity contribution in [3.05, 3.63) is 0 Å². The van der Waals surface area contributed by atoms with Crippen molar-refractivity contribution in [2.24, 2.45) is 0 Å². The summed E-state index contributed by atoms with van der Waals surface area (Å²) >= 11 is 0. The highest BCUT2D eigenvalue weighted by Gasteiger charge is 1.93. The maximum atomic E-state index is 5.12. The van der Waals surface area contributed by atoms with Crippen LogP contribution in [0.15, 0.2) is 0 Å². The normalized spacial score (nSPS) is 10.9. The Morgan fingerprint density at radius 1 is 0.529 bits per heavy atom. The van der Waals surface area contributed by atoms with Crippen LogP contribution in [0.25, 0.3) is 0 Å². The van der Waals surface area contributed by atoms with Gasteiger partial charge in [-0.05, 0) is 0 Å². The van der Waals surface area contributed by atoms with Crippen molar-refractivity contribution in [1.82, 2.24) is 0 Å². The Bertz CT molecular complexity index is 120. The van der Waals surface area contributed by atoms with E-state index in [1.54, 1.807) is 14.2 Å². The summed E-state index contributed by atoms with van der Waals surface area (Å²) in [7, 11) is 3.23. The lowest BCUT2D eigenvalue weighted by atomic mass is 10.7. The number of hydrogen-bond acceptors (Lipinski definition) is 7. The smallest absolute Gasteiger partial charge is 0.109 e. The van der Waals surface area contributed by atoms with Crippen molar-refractivity contribution in [3.63, 3.8) is 0 Å². The topological polar surface area (TPSA) is 64.6 Å². The van der Waals surface area contributed by atoms with E-state index in [1.165, 1.54) is 0 Å². The Morgan fingerprint density at radius 2 is 0.941 bits per heavy atom. The highest BCUT2D eigenvalue weighted by Crippen LogP contribution is 1.85. The molecule has 0 saturated carbocycles. The first kappa shape index (κ1) is 16.7. The van der Waals surface area contributed by atoms with Gasteiger partial charge in [0.1, 0.15) is 13.2 Å². The average Bonchev–Trinajstić information content (AvgIpc) is 2.35. The van der Waals surface area contributed by atoms with Crippen molar-refractivity contribution < 1.29 is 33.8 Å². The minimum Gasteiger partial charge on any atom is -0.382 e. The molecule has 0 amide bonds. The first-order chi connectivity index (χ1) is 8.41. The van der Waals surface area contributed by atoms with Crippen LogP contribution in [-0.2, 0) is 33.8 Å². The van der Waals surface area contributed by atoms with Gasteiger partial charge in [-0.2, -0.15) is 0 Å². The number of methoxy groups -OCH3 is 2. The van der Waals surface area contributed by atoms with Gasteiger partial charge in [0.15, 0.2) is 0 Å². The third-order valence-corrected chi connectivity index (χ3v) is 1.58. The second kappa shape index (κ2) is 15.7. The van der Waals surface area contributed by atoms with Crippen LogP contribution in [0.3, 0.4) is 0 Å². The average molecular weight is 254 g/mol. The van der Waals surface area contributed by atoms with E-state index >= 15 is 0 Å². The van der Waals surface area contributed by atoms with Crippen molar-refractivity contribution in [2.75, 3.05) is 67.1 Å². The fourth-order valence-electron chi connectivity index (χ4n) is 0.777. The van der Waals surface area contributed by atoms with Crippen LogP contribution in [0.5, 0.6) is 0 Å². The molecule has 0 N–H and O–H groups in total. The first-order valence-corrected chi connectivity index (χ1v) is 5.46. The summed E-state index contributed by atoms with van der Waals surface area (Å²) in [5.74, 6) is 0. The molecule has 0 saturated heterocycles. The molecule has 0 rings (SSSR count). The molecule has 0 radical (unpaired) electrons. The van der Waals surface area contributed by atoms with Crippen LogP contribution in [0.2, 0.25) is 0 Å². The zero-order valence-electron chi connectivity index (χ0n) is 10.5. The Balaban J connectivity index is 2.85. The summed E-state index contributed by atoms with van der Waals surface area (Å²) in [5, 5.41) is 4.42. The largest absolute Gasteiger partial charge is 0.382 e. The van der Waals surface area contributed by atoms with Crippen molar-refractivity contribution >= 4 is 0 Å². The minimum absolute atomic E-state index is 0.300. The molecule has 7 heteroatoms. The summed E-state index contributed by atoms with van der Waals surface area (Å²) in [5.41, 5.74) is 0. The van der Waals surface area contributed by atoms with E-state index < -0.39 is 0 Å². The molecule has 7 nitrogen and oxygen atoms in total. The third kappa shape index (κ3) is 15.7. The van der Waals surface area contributed by atoms with Crippen LogP contribution in [0, 0.1) is 0 Å². The van der Waals surface area contributed by atoms with Gasteiger partial charge in [0, 0.05) is 14.2 Å². The van der Waals surface area contributed by atoms with E-state index in [4.69, 9.17) is 18.9 Å². The second-order valence-electron chi connectivity index (χ2n) is 2.92. The highest BCUT2D eigenvalue weighted by molar-refractivity contribution is 4.28. The van der Waals surface area contributed by atoms with E-state index in [0.29, 0.717) is 52.9 Å². The molecule has 0 fully saturated rings. The van der Waals surface area contributed by atoms with Gasteiger partial charge in [0.25, 0.3) is 0 Å². The molecule has 0 aromatic heterocycles. The van der Waals surface area contributed by atoms with E-state index in [2.05, 4.69) is 14.8 Å². The van der Waals surface area contributed by atoms with Crippen LogP contribution in [-0.4, -0.2) is 67.1 Å². The molecule has 0 aliphatic carbocycles. The Kier molecular flexibility index (Phi) is 15.5. The van der Waals surface area contributed by atoms with E-state index in [-0.39, 0.29) is 0 Å². The summed E-state index contributed by atoms with van der Waals surface area (Å²) in [6.45, 7) is 3.66. The SMILES string of the molecule is COCCOCCOOOCCOCCOC. The standard InChI is InChI=1S/C10H22O7/c1-11-3-5-13-7-9-15-17-16-10-8-14-6-4-12-2/h3-10H2,1-2H3. The second-order valence-corrected chi connectivity index (χ2v) is 2.92. The van der Waals surface area contributed by atoms with Gasteiger partial charge >= 0.3 is 0 Å². The zero-order chi connectivity index (χ0) is 12.6. The van der Waals surface area contributed by atoms with Crippen LogP contribution in [0.1, 0.15) is 0 Å². The predicted molar refractivity (Wildman–Crippen MR) is 58.4 cm³/mol. The minimum atomic E-state index is 0.300. The van der Waals surface area contributed by atoms with Gasteiger partial charge in [-0.25, -0.2) is 9.78 Å². The number of ether oxygens (including phenoxy) is 4. The van der Waals surface area contributed by atoms with Crippen molar-refractivity contribution in [1.29, 1.82) is 0 Å². The molecule has 0 unspecified atom stereocenters. The monoisotopic (exact) mass is 254 g/mol. The highest BCUT2D eigenvalue weighted by atomic mass is 17.5.